The number of aliphatic hydroxyl groups is 4. The van der Waals surface area contributed by atoms with E-state index in [9.17, 15) is 15.3 Å². The summed E-state index contributed by atoms with van der Waals surface area (Å²) < 4.78 is 5.27. The third-order valence-corrected chi connectivity index (χ3v) is 2.52. The summed E-state index contributed by atoms with van der Waals surface area (Å²) in [6, 6.07) is 0. The Bertz CT molecular complexity index is 184. The van der Waals surface area contributed by atoms with Gasteiger partial charge in [0, 0.05) is 6.42 Å². The third-order valence-electron chi connectivity index (χ3n) is 2.52. The standard InChI is InChI=1S/C9H18O5/c1-4(10)3-6-8(12)9(13)7(11)5(2)14-6/h4-13H,3H2,1-2H3/t4?,5-,6+,7+,8+,9+/m1/s1. The van der Waals surface area contributed by atoms with E-state index in [0.29, 0.717) is 0 Å². The second kappa shape index (κ2) is 4.55. The first kappa shape index (κ1) is 11.9. The lowest BCUT2D eigenvalue weighted by atomic mass is 9.93. The van der Waals surface area contributed by atoms with Crippen LogP contribution in [0.1, 0.15) is 20.3 Å². The molecule has 14 heavy (non-hydrogen) atoms. The first-order valence-electron chi connectivity index (χ1n) is 4.81. The van der Waals surface area contributed by atoms with Gasteiger partial charge in [-0.25, -0.2) is 0 Å². The first-order valence-corrected chi connectivity index (χ1v) is 4.81. The second-order valence-corrected chi connectivity index (χ2v) is 3.94. The van der Waals surface area contributed by atoms with E-state index < -0.39 is 36.6 Å². The van der Waals surface area contributed by atoms with Crippen molar-refractivity contribution in [3.63, 3.8) is 0 Å². The highest BCUT2D eigenvalue weighted by atomic mass is 16.5. The van der Waals surface area contributed by atoms with E-state index in [0.717, 1.165) is 0 Å². The molecule has 0 aromatic heterocycles. The van der Waals surface area contributed by atoms with Gasteiger partial charge in [-0.3, -0.25) is 0 Å². The number of hydrogen-bond acceptors (Lipinski definition) is 5. The van der Waals surface area contributed by atoms with Gasteiger partial charge in [0.2, 0.25) is 0 Å². The average molecular weight is 206 g/mol. The zero-order valence-corrected chi connectivity index (χ0v) is 8.37. The number of ether oxygens (including phenoxy) is 1. The Kier molecular flexibility index (Phi) is 3.86. The average Bonchev–Trinajstić information content (AvgIpc) is 2.10. The molecule has 0 aliphatic carbocycles. The van der Waals surface area contributed by atoms with E-state index in [1.165, 1.54) is 0 Å². The molecule has 1 heterocycles. The molecule has 1 unspecified atom stereocenters. The Morgan fingerprint density at radius 1 is 1.14 bits per heavy atom. The zero-order valence-electron chi connectivity index (χ0n) is 8.37. The predicted molar refractivity (Wildman–Crippen MR) is 48.7 cm³/mol. The van der Waals surface area contributed by atoms with E-state index in [-0.39, 0.29) is 6.42 Å². The molecule has 0 aromatic rings. The Labute approximate surface area is 82.9 Å². The predicted octanol–water partition coefficient (Wildman–Crippen LogP) is -1.37. The molecule has 0 bridgehead atoms. The lowest BCUT2D eigenvalue weighted by Crippen LogP contribution is -2.57. The fourth-order valence-corrected chi connectivity index (χ4v) is 1.67. The van der Waals surface area contributed by atoms with E-state index >= 15 is 0 Å². The summed E-state index contributed by atoms with van der Waals surface area (Å²) in [6.07, 6.45) is -4.94. The molecule has 0 spiro atoms. The van der Waals surface area contributed by atoms with Crippen molar-refractivity contribution in [2.75, 3.05) is 0 Å². The van der Waals surface area contributed by atoms with Gasteiger partial charge in [0.25, 0.3) is 0 Å². The van der Waals surface area contributed by atoms with Crippen molar-refractivity contribution in [1.29, 1.82) is 0 Å². The van der Waals surface area contributed by atoms with Crippen molar-refractivity contribution in [2.24, 2.45) is 0 Å². The summed E-state index contributed by atoms with van der Waals surface area (Å²) >= 11 is 0. The Morgan fingerprint density at radius 3 is 2.21 bits per heavy atom. The van der Waals surface area contributed by atoms with Crippen LogP contribution < -0.4 is 0 Å². The minimum atomic E-state index is -1.21. The fraction of sp³-hybridized carbons (Fsp3) is 1.00. The Morgan fingerprint density at radius 2 is 1.71 bits per heavy atom. The summed E-state index contributed by atoms with van der Waals surface area (Å²) in [7, 11) is 0. The molecular weight excluding hydrogens is 188 g/mol. The van der Waals surface area contributed by atoms with Crippen LogP contribution in [0.3, 0.4) is 0 Å². The smallest absolute Gasteiger partial charge is 0.111 e. The molecule has 84 valence electrons. The number of rotatable bonds is 2. The highest BCUT2D eigenvalue weighted by Gasteiger charge is 2.41. The molecule has 0 saturated carbocycles. The molecule has 0 radical (unpaired) electrons. The van der Waals surface area contributed by atoms with Gasteiger partial charge < -0.3 is 25.2 Å². The summed E-state index contributed by atoms with van der Waals surface area (Å²) in [4.78, 5) is 0. The third kappa shape index (κ3) is 2.43. The second-order valence-electron chi connectivity index (χ2n) is 3.94. The van der Waals surface area contributed by atoms with Gasteiger partial charge in [-0.05, 0) is 13.8 Å². The van der Waals surface area contributed by atoms with Crippen molar-refractivity contribution in [1.82, 2.24) is 0 Å². The summed E-state index contributed by atoms with van der Waals surface area (Å²) in [5.74, 6) is 0. The molecule has 0 amide bonds. The molecule has 1 saturated heterocycles. The van der Waals surface area contributed by atoms with E-state index in [4.69, 9.17) is 9.84 Å². The van der Waals surface area contributed by atoms with Crippen molar-refractivity contribution >= 4 is 0 Å². The molecule has 4 N–H and O–H groups in total. The number of hydrogen-bond donors (Lipinski definition) is 4. The first-order chi connectivity index (χ1) is 6.43. The van der Waals surface area contributed by atoms with Crippen LogP contribution in [0.2, 0.25) is 0 Å². The lowest BCUT2D eigenvalue weighted by molar-refractivity contribution is -0.222. The van der Waals surface area contributed by atoms with Crippen LogP contribution in [0, 0.1) is 0 Å². The zero-order chi connectivity index (χ0) is 10.9. The monoisotopic (exact) mass is 206 g/mol. The van der Waals surface area contributed by atoms with Crippen molar-refractivity contribution < 1.29 is 25.2 Å². The minimum absolute atomic E-state index is 0.245. The fourth-order valence-electron chi connectivity index (χ4n) is 1.67. The van der Waals surface area contributed by atoms with Crippen LogP contribution in [-0.4, -0.2) is 57.0 Å². The van der Waals surface area contributed by atoms with Gasteiger partial charge in [-0.1, -0.05) is 0 Å². The maximum atomic E-state index is 9.53. The largest absolute Gasteiger partial charge is 0.393 e. The molecule has 0 aromatic carbocycles. The highest BCUT2D eigenvalue weighted by molar-refractivity contribution is 4.90. The number of aliphatic hydroxyl groups excluding tert-OH is 4. The van der Waals surface area contributed by atoms with E-state index in [1.54, 1.807) is 13.8 Å². The van der Waals surface area contributed by atoms with Crippen LogP contribution in [0.25, 0.3) is 0 Å². The topological polar surface area (TPSA) is 90.2 Å². The van der Waals surface area contributed by atoms with E-state index in [2.05, 4.69) is 0 Å². The quantitative estimate of drug-likeness (QED) is 0.447. The molecular formula is C9H18O5. The maximum Gasteiger partial charge on any atom is 0.111 e. The molecule has 5 nitrogen and oxygen atoms in total. The van der Waals surface area contributed by atoms with Gasteiger partial charge in [0.15, 0.2) is 0 Å². The van der Waals surface area contributed by atoms with Gasteiger partial charge in [-0.15, -0.1) is 0 Å². The van der Waals surface area contributed by atoms with Crippen LogP contribution in [-0.2, 0) is 4.74 Å². The minimum Gasteiger partial charge on any atom is -0.393 e. The summed E-state index contributed by atoms with van der Waals surface area (Å²) in [5.41, 5.74) is 0. The highest BCUT2D eigenvalue weighted by Crippen LogP contribution is 2.23. The summed E-state index contributed by atoms with van der Waals surface area (Å²) in [5, 5.41) is 37.5. The van der Waals surface area contributed by atoms with Gasteiger partial charge in [0.1, 0.15) is 18.3 Å². The van der Waals surface area contributed by atoms with Crippen LogP contribution in [0.4, 0.5) is 0 Å². The van der Waals surface area contributed by atoms with Crippen molar-refractivity contribution in [3.05, 3.63) is 0 Å². The molecule has 1 fully saturated rings. The van der Waals surface area contributed by atoms with Crippen LogP contribution in [0.15, 0.2) is 0 Å². The Hall–Kier alpha value is -0.200. The van der Waals surface area contributed by atoms with Crippen molar-refractivity contribution in [3.8, 4) is 0 Å². The Balaban J connectivity index is 2.60. The van der Waals surface area contributed by atoms with Crippen molar-refractivity contribution in [2.45, 2.75) is 56.9 Å². The van der Waals surface area contributed by atoms with Gasteiger partial charge in [-0.2, -0.15) is 0 Å². The van der Waals surface area contributed by atoms with E-state index in [1.807, 2.05) is 0 Å². The molecule has 1 aliphatic heterocycles. The maximum absolute atomic E-state index is 9.53. The lowest BCUT2D eigenvalue weighted by Gasteiger charge is -2.39. The van der Waals surface area contributed by atoms with Gasteiger partial charge in [0.05, 0.1) is 18.3 Å². The van der Waals surface area contributed by atoms with Crippen LogP contribution >= 0.6 is 0 Å². The van der Waals surface area contributed by atoms with Crippen LogP contribution in [0.5, 0.6) is 0 Å². The molecule has 5 heteroatoms. The normalized spacial score (nSPS) is 46.3. The van der Waals surface area contributed by atoms with Gasteiger partial charge >= 0.3 is 0 Å². The molecule has 6 atom stereocenters. The SMILES string of the molecule is CC(O)C[C@@H]1O[C@H](C)[C@H](O)[C@H](O)[C@H]1O. The summed E-state index contributed by atoms with van der Waals surface area (Å²) in [6.45, 7) is 3.20. The molecule has 1 aliphatic rings. The molecule has 1 rings (SSSR count).